The number of aliphatic imine (C=N–C) groups is 1. The number of benzene rings is 2. The van der Waals surface area contributed by atoms with Gasteiger partial charge in [-0.05, 0) is 35.9 Å². The van der Waals surface area contributed by atoms with Crippen molar-refractivity contribution in [3.63, 3.8) is 0 Å². The number of nitrogens with two attached hydrogens (primary N) is 1. The number of nitrogens with zero attached hydrogens (tertiary/aromatic N) is 2. The van der Waals surface area contributed by atoms with Gasteiger partial charge in [0.15, 0.2) is 5.84 Å². The summed E-state index contributed by atoms with van der Waals surface area (Å²) in [6.07, 6.45) is -3.90. The molecule has 0 bridgehead atoms. The number of nitrogens with one attached hydrogen (secondary N) is 1. The summed E-state index contributed by atoms with van der Waals surface area (Å²) in [4.78, 5) is 20.4. The van der Waals surface area contributed by atoms with Crippen LogP contribution in [-0.4, -0.2) is 16.7 Å². The SMILES string of the molecule is NC(=NC(=O)C(Nc1ccc(Cl)c(Cl)c1)c1ccccc1)c1ccc(C(F)(F)F)cn1. The second-order valence-corrected chi connectivity index (χ2v) is 7.20. The number of rotatable bonds is 5. The lowest BCUT2D eigenvalue weighted by Crippen LogP contribution is -2.24. The first-order chi connectivity index (χ1) is 14.6. The topological polar surface area (TPSA) is 80.4 Å². The molecule has 0 radical (unpaired) electrons. The van der Waals surface area contributed by atoms with Crippen LogP contribution in [-0.2, 0) is 11.0 Å². The van der Waals surface area contributed by atoms with Crippen molar-refractivity contribution in [2.75, 3.05) is 5.32 Å². The maximum absolute atomic E-state index is 12.9. The molecule has 1 atom stereocenters. The number of hydrogen-bond acceptors (Lipinski definition) is 3. The minimum absolute atomic E-state index is 0.0531. The van der Waals surface area contributed by atoms with E-state index in [0.717, 1.165) is 12.1 Å². The normalized spacial score (nSPS) is 13.0. The Morgan fingerprint density at radius 1 is 1.03 bits per heavy atom. The van der Waals surface area contributed by atoms with E-state index >= 15 is 0 Å². The molecule has 0 saturated carbocycles. The minimum atomic E-state index is -4.53. The summed E-state index contributed by atoms with van der Waals surface area (Å²) in [6.45, 7) is 0. The summed E-state index contributed by atoms with van der Waals surface area (Å²) in [6, 6.07) is 14.4. The highest BCUT2D eigenvalue weighted by atomic mass is 35.5. The van der Waals surface area contributed by atoms with Crippen LogP contribution >= 0.6 is 23.2 Å². The van der Waals surface area contributed by atoms with Gasteiger partial charge in [-0.2, -0.15) is 18.2 Å². The molecule has 0 fully saturated rings. The maximum Gasteiger partial charge on any atom is 0.417 e. The molecule has 0 saturated heterocycles. The van der Waals surface area contributed by atoms with Gasteiger partial charge in [0.05, 0.1) is 15.6 Å². The number of anilines is 1. The van der Waals surface area contributed by atoms with Crippen LogP contribution in [0.4, 0.5) is 18.9 Å². The predicted molar refractivity (Wildman–Crippen MR) is 114 cm³/mol. The molecule has 0 aliphatic rings. The summed E-state index contributed by atoms with van der Waals surface area (Å²) in [7, 11) is 0. The van der Waals surface area contributed by atoms with Crippen LogP contribution in [0.5, 0.6) is 0 Å². The fourth-order valence-corrected chi connectivity index (χ4v) is 2.94. The van der Waals surface area contributed by atoms with E-state index in [-0.39, 0.29) is 11.5 Å². The van der Waals surface area contributed by atoms with Crippen molar-refractivity contribution in [2.45, 2.75) is 12.2 Å². The predicted octanol–water partition coefficient (Wildman–Crippen LogP) is 5.49. The molecule has 5 nitrogen and oxygen atoms in total. The van der Waals surface area contributed by atoms with Crippen molar-refractivity contribution in [3.8, 4) is 0 Å². The molecular weight excluding hydrogens is 452 g/mol. The zero-order valence-electron chi connectivity index (χ0n) is 15.7. The van der Waals surface area contributed by atoms with E-state index in [0.29, 0.717) is 27.5 Å². The zero-order valence-corrected chi connectivity index (χ0v) is 17.2. The molecule has 0 aliphatic carbocycles. The summed E-state index contributed by atoms with van der Waals surface area (Å²) < 4.78 is 38.1. The fourth-order valence-electron chi connectivity index (χ4n) is 2.64. The molecule has 31 heavy (non-hydrogen) atoms. The summed E-state index contributed by atoms with van der Waals surface area (Å²) >= 11 is 12.0. The van der Waals surface area contributed by atoms with Crippen LogP contribution in [0, 0.1) is 0 Å². The molecule has 3 aromatic rings. The molecule has 1 unspecified atom stereocenters. The minimum Gasteiger partial charge on any atom is -0.382 e. The largest absolute Gasteiger partial charge is 0.417 e. The highest BCUT2D eigenvalue weighted by Crippen LogP contribution is 2.29. The van der Waals surface area contributed by atoms with Crippen LogP contribution in [0.1, 0.15) is 22.9 Å². The Morgan fingerprint density at radius 3 is 2.32 bits per heavy atom. The lowest BCUT2D eigenvalue weighted by Gasteiger charge is -2.18. The fraction of sp³-hybridized carbons (Fsp3) is 0.0952. The number of alkyl halides is 3. The van der Waals surface area contributed by atoms with Crippen molar-refractivity contribution in [2.24, 2.45) is 10.7 Å². The van der Waals surface area contributed by atoms with Crippen molar-refractivity contribution >= 4 is 40.6 Å². The number of amides is 1. The molecule has 0 spiro atoms. The van der Waals surface area contributed by atoms with Crippen molar-refractivity contribution < 1.29 is 18.0 Å². The highest BCUT2D eigenvalue weighted by molar-refractivity contribution is 6.42. The molecule has 1 amide bonds. The van der Waals surface area contributed by atoms with E-state index < -0.39 is 23.7 Å². The first-order valence-electron chi connectivity index (χ1n) is 8.83. The lowest BCUT2D eigenvalue weighted by molar-refractivity contribution is -0.137. The van der Waals surface area contributed by atoms with E-state index in [4.69, 9.17) is 28.9 Å². The van der Waals surface area contributed by atoms with Crippen molar-refractivity contribution in [1.82, 2.24) is 4.98 Å². The number of amidine groups is 1. The summed E-state index contributed by atoms with van der Waals surface area (Å²) in [5.74, 6) is -0.980. The van der Waals surface area contributed by atoms with E-state index in [1.807, 2.05) is 0 Å². The standard InChI is InChI=1S/C21H15Cl2F3N4O/c22-15-8-7-14(10-16(15)23)29-18(12-4-2-1-3-5-12)20(31)30-19(27)17-9-6-13(11-28-17)21(24,25)26/h1-11,18,29H,(H2,27,30,31). The number of halogens is 5. The number of carbonyl (C=O) groups excluding carboxylic acids is 1. The van der Waals surface area contributed by atoms with E-state index in [9.17, 15) is 18.0 Å². The molecule has 1 aromatic heterocycles. The highest BCUT2D eigenvalue weighted by Gasteiger charge is 2.30. The second kappa shape index (κ2) is 9.36. The zero-order chi connectivity index (χ0) is 22.6. The Morgan fingerprint density at radius 2 is 1.74 bits per heavy atom. The molecule has 3 N–H and O–H groups in total. The Bertz CT molecular complexity index is 1100. The van der Waals surface area contributed by atoms with Crippen molar-refractivity contribution in [1.29, 1.82) is 0 Å². The lowest BCUT2D eigenvalue weighted by atomic mass is 10.1. The quantitative estimate of drug-likeness (QED) is 0.384. The third-order valence-electron chi connectivity index (χ3n) is 4.19. The maximum atomic E-state index is 12.9. The van der Waals surface area contributed by atoms with Gasteiger partial charge in [0.1, 0.15) is 11.7 Å². The first kappa shape index (κ1) is 22.6. The summed E-state index contributed by atoms with van der Waals surface area (Å²) in [5.41, 5.74) is 5.95. The molecule has 10 heteroatoms. The van der Waals surface area contributed by atoms with Crippen LogP contribution < -0.4 is 11.1 Å². The van der Waals surface area contributed by atoms with Gasteiger partial charge in [0, 0.05) is 11.9 Å². The van der Waals surface area contributed by atoms with E-state index in [1.54, 1.807) is 48.5 Å². The number of hydrogen-bond donors (Lipinski definition) is 2. The smallest absolute Gasteiger partial charge is 0.382 e. The van der Waals surface area contributed by atoms with Crippen LogP contribution in [0.15, 0.2) is 71.9 Å². The van der Waals surface area contributed by atoms with Crippen LogP contribution in [0.3, 0.4) is 0 Å². The van der Waals surface area contributed by atoms with Gasteiger partial charge >= 0.3 is 6.18 Å². The van der Waals surface area contributed by atoms with Gasteiger partial charge in [-0.3, -0.25) is 9.78 Å². The van der Waals surface area contributed by atoms with Gasteiger partial charge in [0.25, 0.3) is 5.91 Å². The third-order valence-corrected chi connectivity index (χ3v) is 4.93. The number of carbonyl (C=O) groups is 1. The van der Waals surface area contributed by atoms with E-state index in [2.05, 4.69) is 15.3 Å². The Labute approximate surface area is 185 Å². The van der Waals surface area contributed by atoms with Gasteiger partial charge in [-0.25, -0.2) is 0 Å². The molecular formula is C21H15Cl2F3N4O. The van der Waals surface area contributed by atoms with Crippen LogP contribution in [0.2, 0.25) is 10.0 Å². The average Bonchev–Trinajstić information content (AvgIpc) is 2.74. The number of pyridine rings is 1. The molecule has 160 valence electrons. The number of aromatic nitrogens is 1. The molecule has 1 heterocycles. The van der Waals surface area contributed by atoms with E-state index in [1.165, 1.54) is 0 Å². The second-order valence-electron chi connectivity index (χ2n) is 6.38. The first-order valence-corrected chi connectivity index (χ1v) is 9.59. The monoisotopic (exact) mass is 466 g/mol. The molecule has 3 rings (SSSR count). The molecule has 0 aliphatic heterocycles. The summed E-state index contributed by atoms with van der Waals surface area (Å²) in [5, 5.41) is 3.67. The van der Waals surface area contributed by atoms with Crippen LogP contribution in [0.25, 0.3) is 0 Å². The molecule has 2 aromatic carbocycles. The Balaban J connectivity index is 1.89. The Hall–Kier alpha value is -3.10. The van der Waals surface area contributed by atoms with Gasteiger partial charge in [-0.15, -0.1) is 0 Å². The average molecular weight is 467 g/mol. The third kappa shape index (κ3) is 5.74. The Kier molecular flexibility index (Phi) is 6.82. The van der Waals surface area contributed by atoms with Gasteiger partial charge < -0.3 is 11.1 Å². The van der Waals surface area contributed by atoms with Crippen molar-refractivity contribution in [3.05, 3.63) is 93.7 Å². The van der Waals surface area contributed by atoms with Gasteiger partial charge in [0.2, 0.25) is 0 Å². The van der Waals surface area contributed by atoms with Gasteiger partial charge in [-0.1, -0.05) is 53.5 Å².